The van der Waals surface area contributed by atoms with Gasteiger partial charge in [0, 0.05) is 22.7 Å². The molecule has 3 N–H and O–H groups in total. The van der Waals surface area contributed by atoms with Crippen LogP contribution in [-0.4, -0.2) is 21.0 Å². The normalized spacial score (nSPS) is 20.2. The second-order valence-electron chi connectivity index (χ2n) is 6.15. The van der Waals surface area contributed by atoms with Crippen molar-refractivity contribution in [1.29, 1.82) is 5.26 Å². The number of nitriles is 1. The molecule has 0 amide bonds. The van der Waals surface area contributed by atoms with E-state index < -0.39 is 5.92 Å². The molecular weight excluding hydrogens is 352 g/mol. The number of rotatable bonds is 2. The van der Waals surface area contributed by atoms with Gasteiger partial charge in [-0.15, -0.1) is 0 Å². The standard InChI is InChI=1S/C18H15ClN6O/c19-12-5-2-1-4-10(12)15-11(8-20)17(21)25(18-22-9-23-24-18)13-6-3-7-14(26)16(13)15/h1-2,4-5,9,15H,3,6-7,21H2,(H,22,23,24)/t15-/m0/s1. The second-order valence-corrected chi connectivity index (χ2v) is 6.55. The van der Waals surface area contributed by atoms with Crippen LogP contribution in [-0.2, 0) is 4.79 Å². The topological polar surface area (TPSA) is 112 Å². The molecule has 1 aromatic heterocycles. The van der Waals surface area contributed by atoms with Crippen molar-refractivity contribution in [3.63, 3.8) is 0 Å². The summed E-state index contributed by atoms with van der Waals surface area (Å²) in [6.07, 6.45) is 3.16. The Morgan fingerprint density at radius 3 is 2.85 bits per heavy atom. The molecule has 4 rings (SSSR count). The van der Waals surface area contributed by atoms with E-state index in [-0.39, 0.29) is 17.2 Å². The summed E-state index contributed by atoms with van der Waals surface area (Å²) in [5.41, 5.74) is 8.66. The lowest BCUT2D eigenvalue weighted by Crippen LogP contribution is -2.39. The number of halogens is 1. The molecule has 7 nitrogen and oxygen atoms in total. The minimum atomic E-state index is -0.573. The molecule has 0 saturated carbocycles. The smallest absolute Gasteiger partial charge is 0.231 e. The van der Waals surface area contributed by atoms with Crippen LogP contribution < -0.4 is 10.6 Å². The van der Waals surface area contributed by atoms with Crippen molar-refractivity contribution in [3.8, 4) is 6.07 Å². The Balaban J connectivity index is 2.00. The van der Waals surface area contributed by atoms with Crippen molar-refractivity contribution < 1.29 is 4.79 Å². The molecule has 0 fully saturated rings. The Kier molecular flexibility index (Phi) is 3.98. The first-order chi connectivity index (χ1) is 12.6. The lowest BCUT2D eigenvalue weighted by Gasteiger charge is -2.38. The molecule has 0 unspecified atom stereocenters. The Hall–Kier alpha value is -3.11. The van der Waals surface area contributed by atoms with E-state index in [0.29, 0.717) is 41.4 Å². The van der Waals surface area contributed by atoms with Crippen LogP contribution in [0.2, 0.25) is 5.02 Å². The minimum absolute atomic E-state index is 0.000866. The fraction of sp³-hybridized carbons (Fsp3) is 0.222. The van der Waals surface area contributed by atoms with E-state index in [1.54, 1.807) is 11.0 Å². The van der Waals surface area contributed by atoms with Crippen LogP contribution in [0.15, 0.2) is 53.3 Å². The quantitative estimate of drug-likeness (QED) is 0.845. The number of aromatic nitrogens is 3. The average Bonchev–Trinajstić information content (AvgIpc) is 3.15. The molecule has 130 valence electrons. The van der Waals surface area contributed by atoms with Crippen LogP contribution in [0.3, 0.4) is 0 Å². The summed E-state index contributed by atoms with van der Waals surface area (Å²) in [5.74, 6) is 0.0503. The van der Waals surface area contributed by atoms with Crippen LogP contribution in [0.25, 0.3) is 0 Å². The number of carbonyl (C=O) groups excluding carboxylic acids is 1. The van der Waals surface area contributed by atoms with Gasteiger partial charge in [0.25, 0.3) is 0 Å². The number of ketones is 1. The molecule has 1 aliphatic carbocycles. The third-order valence-corrected chi connectivity index (χ3v) is 5.09. The number of nitrogens with two attached hydrogens (primary N) is 1. The molecule has 26 heavy (non-hydrogen) atoms. The highest BCUT2D eigenvalue weighted by atomic mass is 35.5. The first-order valence-corrected chi connectivity index (χ1v) is 8.57. The summed E-state index contributed by atoms with van der Waals surface area (Å²) in [6, 6.07) is 9.41. The third kappa shape index (κ3) is 2.38. The number of nitrogens with one attached hydrogen (secondary N) is 1. The predicted octanol–water partition coefficient (Wildman–Crippen LogP) is 2.76. The first-order valence-electron chi connectivity index (χ1n) is 8.19. The molecule has 0 spiro atoms. The molecule has 1 aliphatic heterocycles. The maximum Gasteiger partial charge on any atom is 0.231 e. The molecule has 1 aromatic carbocycles. The molecule has 2 aromatic rings. The van der Waals surface area contributed by atoms with Crippen LogP contribution in [0.1, 0.15) is 30.7 Å². The van der Waals surface area contributed by atoms with Crippen LogP contribution in [0, 0.1) is 11.3 Å². The van der Waals surface area contributed by atoms with E-state index in [4.69, 9.17) is 17.3 Å². The van der Waals surface area contributed by atoms with Gasteiger partial charge in [-0.1, -0.05) is 29.8 Å². The lowest BCUT2D eigenvalue weighted by atomic mass is 9.76. The monoisotopic (exact) mass is 366 g/mol. The number of anilines is 1. The fourth-order valence-electron chi connectivity index (χ4n) is 3.66. The van der Waals surface area contributed by atoms with Crippen molar-refractivity contribution in [2.75, 3.05) is 4.90 Å². The Labute approximate surface area is 154 Å². The zero-order valence-corrected chi connectivity index (χ0v) is 14.5. The number of Topliss-reactive ketones (excluding diaryl/α,β-unsaturated/α-hetero) is 1. The summed E-state index contributed by atoms with van der Waals surface area (Å²) in [4.78, 5) is 18.6. The number of hydrogen-bond acceptors (Lipinski definition) is 6. The summed E-state index contributed by atoms with van der Waals surface area (Å²) >= 11 is 6.39. The average molecular weight is 367 g/mol. The van der Waals surface area contributed by atoms with Gasteiger partial charge in [0.1, 0.15) is 12.1 Å². The van der Waals surface area contributed by atoms with E-state index in [1.165, 1.54) is 6.33 Å². The molecule has 0 saturated heterocycles. The van der Waals surface area contributed by atoms with Crippen molar-refractivity contribution >= 4 is 23.3 Å². The molecule has 8 heteroatoms. The number of hydrogen-bond donors (Lipinski definition) is 2. The Morgan fingerprint density at radius 2 is 2.15 bits per heavy atom. The molecule has 2 aliphatic rings. The molecule has 2 heterocycles. The van der Waals surface area contributed by atoms with E-state index in [2.05, 4.69) is 21.3 Å². The van der Waals surface area contributed by atoms with Gasteiger partial charge in [0.15, 0.2) is 5.78 Å². The first kappa shape index (κ1) is 16.4. The Morgan fingerprint density at radius 1 is 1.35 bits per heavy atom. The van der Waals surface area contributed by atoms with Crippen molar-refractivity contribution in [2.45, 2.75) is 25.2 Å². The number of nitrogens with zero attached hydrogens (tertiary/aromatic N) is 4. The number of H-pyrrole nitrogens is 1. The summed E-state index contributed by atoms with van der Waals surface area (Å²) < 4.78 is 0. The largest absolute Gasteiger partial charge is 0.384 e. The van der Waals surface area contributed by atoms with Crippen molar-refractivity contribution in [2.24, 2.45) is 5.73 Å². The molecule has 0 radical (unpaired) electrons. The van der Waals surface area contributed by atoms with Crippen LogP contribution >= 0.6 is 11.6 Å². The van der Waals surface area contributed by atoms with Crippen LogP contribution in [0.4, 0.5) is 5.95 Å². The van der Waals surface area contributed by atoms with Gasteiger partial charge in [0.05, 0.1) is 17.6 Å². The SMILES string of the molecule is N#CC1=C(N)N(c2ncn[nH]2)C2=C(C(=O)CCC2)[C@H]1c1ccccc1Cl. The second kappa shape index (κ2) is 6.32. The summed E-state index contributed by atoms with van der Waals surface area (Å²) in [7, 11) is 0. The highest BCUT2D eigenvalue weighted by molar-refractivity contribution is 6.31. The van der Waals surface area contributed by atoms with Gasteiger partial charge >= 0.3 is 0 Å². The zero-order valence-electron chi connectivity index (χ0n) is 13.7. The minimum Gasteiger partial charge on any atom is -0.384 e. The van der Waals surface area contributed by atoms with Crippen LogP contribution in [0.5, 0.6) is 0 Å². The number of aromatic amines is 1. The molecular formula is C18H15ClN6O. The summed E-state index contributed by atoms with van der Waals surface area (Å²) in [6.45, 7) is 0. The van der Waals surface area contributed by atoms with Gasteiger partial charge in [-0.25, -0.2) is 5.10 Å². The zero-order chi connectivity index (χ0) is 18.3. The maximum atomic E-state index is 12.9. The number of allylic oxidation sites excluding steroid dienone is 3. The molecule has 0 bridgehead atoms. The highest BCUT2D eigenvalue weighted by Gasteiger charge is 2.41. The van der Waals surface area contributed by atoms with Crippen molar-refractivity contribution in [1.82, 2.24) is 15.2 Å². The lowest BCUT2D eigenvalue weighted by molar-refractivity contribution is -0.116. The van der Waals surface area contributed by atoms with E-state index in [1.807, 2.05) is 18.2 Å². The van der Waals surface area contributed by atoms with E-state index >= 15 is 0 Å². The van der Waals surface area contributed by atoms with E-state index in [0.717, 1.165) is 5.70 Å². The van der Waals surface area contributed by atoms with Gasteiger partial charge in [-0.2, -0.15) is 15.3 Å². The van der Waals surface area contributed by atoms with Gasteiger partial charge in [0.2, 0.25) is 5.95 Å². The van der Waals surface area contributed by atoms with Gasteiger partial charge < -0.3 is 5.73 Å². The number of benzene rings is 1. The number of carbonyl (C=O) groups is 1. The van der Waals surface area contributed by atoms with E-state index in [9.17, 15) is 10.1 Å². The third-order valence-electron chi connectivity index (χ3n) is 4.74. The van der Waals surface area contributed by atoms with Gasteiger partial charge in [-0.05, 0) is 24.5 Å². The summed E-state index contributed by atoms with van der Waals surface area (Å²) in [5, 5.41) is 17.0. The highest BCUT2D eigenvalue weighted by Crippen LogP contribution is 2.46. The maximum absolute atomic E-state index is 12.9. The predicted molar refractivity (Wildman–Crippen MR) is 95.8 cm³/mol. The molecule has 1 atom stereocenters. The Bertz CT molecular complexity index is 985. The fourth-order valence-corrected chi connectivity index (χ4v) is 3.90. The van der Waals surface area contributed by atoms with Crippen molar-refractivity contribution in [3.05, 3.63) is 63.8 Å². The van der Waals surface area contributed by atoms with Gasteiger partial charge in [-0.3, -0.25) is 9.69 Å².